The Morgan fingerprint density at radius 2 is 2.19 bits per heavy atom. The highest BCUT2D eigenvalue weighted by Gasteiger charge is 2.23. The molecule has 0 spiro atoms. The van der Waals surface area contributed by atoms with Gasteiger partial charge in [-0.25, -0.2) is 0 Å². The van der Waals surface area contributed by atoms with Gasteiger partial charge < -0.3 is 26.8 Å². The lowest BCUT2D eigenvalue weighted by Gasteiger charge is -2.14. The zero-order chi connectivity index (χ0) is 15.3. The van der Waals surface area contributed by atoms with Crippen molar-refractivity contribution in [1.82, 2.24) is 0 Å². The predicted molar refractivity (Wildman–Crippen MR) is 75.7 cm³/mol. The fourth-order valence-electron chi connectivity index (χ4n) is 1.72. The molecule has 0 aliphatic heterocycles. The molecule has 0 bridgehead atoms. The summed E-state index contributed by atoms with van der Waals surface area (Å²) in [4.78, 5) is 21.3. The van der Waals surface area contributed by atoms with Gasteiger partial charge >= 0.3 is 0 Å². The number of amides is 1. The summed E-state index contributed by atoms with van der Waals surface area (Å²) in [6.07, 6.45) is 0.385. The van der Waals surface area contributed by atoms with E-state index in [1.165, 1.54) is 25.3 Å². The van der Waals surface area contributed by atoms with Gasteiger partial charge in [-0.1, -0.05) is 0 Å². The van der Waals surface area contributed by atoms with Crippen LogP contribution in [0, 0.1) is 10.1 Å². The Kier molecular flexibility index (Phi) is 6.84. The van der Waals surface area contributed by atoms with Crippen molar-refractivity contribution in [3.05, 3.63) is 40.1 Å². The van der Waals surface area contributed by atoms with Crippen molar-refractivity contribution in [1.29, 1.82) is 0 Å². The summed E-state index contributed by atoms with van der Waals surface area (Å²) < 4.78 is 4.98. The van der Waals surface area contributed by atoms with Gasteiger partial charge in [0.15, 0.2) is 0 Å². The Labute approximate surface area is 120 Å². The first-order valence-corrected chi connectivity index (χ1v) is 5.61. The van der Waals surface area contributed by atoms with Gasteiger partial charge in [0, 0.05) is 24.1 Å². The van der Waals surface area contributed by atoms with Crippen LogP contribution in [0.25, 0.3) is 5.57 Å². The Morgan fingerprint density at radius 3 is 2.62 bits per heavy atom. The lowest BCUT2D eigenvalue weighted by molar-refractivity contribution is -0.385. The molecule has 116 valence electrons. The second-order valence-corrected chi connectivity index (χ2v) is 4.00. The van der Waals surface area contributed by atoms with E-state index in [4.69, 9.17) is 16.2 Å². The maximum absolute atomic E-state index is 11.0. The van der Waals surface area contributed by atoms with Crippen molar-refractivity contribution in [2.45, 2.75) is 12.5 Å². The van der Waals surface area contributed by atoms with Gasteiger partial charge in [0.2, 0.25) is 5.91 Å². The summed E-state index contributed by atoms with van der Waals surface area (Å²) >= 11 is 0. The third-order valence-electron chi connectivity index (χ3n) is 2.67. The molecule has 1 aromatic rings. The van der Waals surface area contributed by atoms with E-state index in [1.54, 1.807) is 0 Å². The number of primary amides is 1. The number of nitro groups is 1. The Hall–Kier alpha value is -2.65. The molecule has 1 amide bonds. The number of carbonyl (C=O) groups is 1. The van der Waals surface area contributed by atoms with Gasteiger partial charge in [-0.15, -0.1) is 0 Å². The van der Waals surface area contributed by atoms with Gasteiger partial charge in [-0.2, -0.15) is 0 Å². The van der Waals surface area contributed by atoms with Crippen molar-refractivity contribution < 1.29 is 25.0 Å². The molecule has 9 heteroatoms. The number of benzene rings is 1. The van der Waals surface area contributed by atoms with Crippen LogP contribution in [0.15, 0.2) is 24.5 Å². The summed E-state index contributed by atoms with van der Waals surface area (Å²) in [5.74, 6) is -0.321. The van der Waals surface area contributed by atoms with E-state index >= 15 is 0 Å². The molecular weight excluding hydrogens is 282 g/mol. The van der Waals surface area contributed by atoms with Crippen LogP contribution in [-0.2, 0) is 4.79 Å². The number of methoxy groups -OCH3 is 1. The SMILES string of the molecule is COc1ccc([N+](=O)[O-])c(/C(=C/O)C(N)CC(N)=O)c1.O. The molecule has 1 unspecified atom stereocenters. The lowest BCUT2D eigenvalue weighted by atomic mass is 9.96. The highest BCUT2D eigenvalue weighted by molar-refractivity contribution is 5.82. The topological polar surface area (TPSA) is 173 Å². The van der Waals surface area contributed by atoms with Crippen molar-refractivity contribution in [2.75, 3.05) is 7.11 Å². The molecule has 1 aromatic carbocycles. The number of rotatable bonds is 6. The van der Waals surface area contributed by atoms with Crippen LogP contribution in [0.4, 0.5) is 5.69 Å². The predicted octanol–water partition coefficient (Wildman–Crippen LogP) is -0.120. The summed E-state index contributed by atoms with van der Waals surface area (Å²) in [7, 11) is 1.40. The van der Waals surface area contributed by atoms with E-state index in [9.17, 15) is 20.0 Å². The number of ether oxygens (including phenoxy) is 1. The van der Waals surface area contributed by atoms with Crippen molar-refractivity contribution >= 4 is 17.2 Å². The molecule has 1 atom stereocenters. The minimum absolute atomic E-state index is 0. The van der Waals surface area contributed by atoms with Crippen LogP contribution >= 0.6 is 0 Å². The molecule has 0 aromatic heterocycles. The first-order valence-electron chi connectivity index (χ1n) is 5.61. The number of aliphatic hydroxyl groups excluding tert-OH is 1. The molecule has 21 heavy (non-hydrogen) atoms. The number of nitrogens with zero attached hydrogens (tertiary/aromatic N) is 1. The normalized spacial score (nSPS) is 12.2. The standard InChI is InChI=1S/C12H15N3O5.H2O/c1-20-7-2-3-11(15(18)19)8(4-7)9(6-16)10(13)5-12(14)17;/h2-4,6,10,16H,5,13H2,1H3,(H2,14,17);1H2/b9-6-;. The van der Waals surface area contributed by atoms with Crippen LogP contribution in [0.3, 0.4) is 0 Å². The van der Waals surface area contributed by atoms with E-state index in [0.717, 1.165) is 0 Å². The number of aliphatic hydroxyl groups is 1. The third kappa shape index (κ3) is 4.44. The summed E-state index contributed by atoms with van der Waals surface area (Å²) in [6.45, 7) is 0. The maximum Gasteiger partial charge on any atom is 0.277 e. The van der Waals surface area contributed by atoms with E-state index < -0.39 is 16.9 Å². The number of carbonyl (C=O) groups excluding carboxylic acids is 1. The molecule has 0 aliphatic rings. The van der Waals surface area contributed by atoms with E-state index in [2.05, 4.69) is 0 Å². The second kappa shape index (κ2) is 7.82. The van der Waals surface area contributed by atoms with E-state index in [0.29, 0.717) is 12.0 Å². The summed E-state index contributed by atoms with van der Waals surface area (Å²) in [6, 6.07) is 3.05. The fraction of sp³-hybridized carbons (Fsp3) is 0.250. The molecular formula is C12H17N3O6. The number of hydrogen-bond acceptors (Lipinski definition) is 6. The second-order valence-electron chi connectivity index (χ2n) is 4.00. The van der Waals surface area contributed by atoms with Crippen molar-refractivity contribution in [3.63, 3.8) is 0 Å². The number of hydrogen-bond donors (Lipinski definition) is 3. The first-order chi connectivity index (χ1) is 9.40. The highest BCUT2D eigenvalue weighted by Crippen LogP contribution is 2.31. The highest BCUT2D eigenvalue weighted by atomic mass is 16.6. The van der Waals surface area contributed by atoms with Crippen LogP contribution in [0.2, 0.25) is 0 Å². The minimum Gasteiger partial charge on any atom is -0.515 e. The molecule has 0 saturated heterocycles. The average molecular weight is 299 g/mol. The quantitative estimate of drug-likeness (QED) is 0.375. The van der Waals surface area contributed by atoms with Gasteiger partial charge in [0.1, 0.15) is 5.75 Å². The number of nitro benzene ring substituents is 1. The van der Waals surface area contributed by atoms with Gasteiger partial charge in [0.25, 0.3) is 5.69 Å². The fourth-order valence-corrected chi connectivity index (χ4v) is 1.72. The molecule has 0 aliphatic carbocycles. The Morgan fingerprint density at radius 1 is 1.57 bits per heavy atom. The third-order valence-corrected chi connectivity index (χ3v) is 2.67. The molecule has 0 radical (unpaired) electrons. The molecule has 9 nitrogen and oxygen atoms in total. The van der Waals surface area contributed by atoms with Crippen LogP contribution < -0.4 is 16.2 Å². The van der Waals surface area contributed by atoms with Crippen LogP contribution in [-0.4, -0.2) is 34.6 Å². The maximum atomic E-state index is 11.0. The van der Waals surface area contributed by atoms with Crippen LogP contribution in [0.1, 0.15) is 12.0 Å². The molecule has 0 fully saturated rings. The van der Waals surface area contributed by atoms with E-state index in [1.807, 2.05) is 0 Å². The summed E-state index contributed by atoms with van der Waals surface area (Å²) in [5.41, 5.74) is 10.6. The molecule has 7 N–H and O–H groups in total. The zero-order valence-electron chi connectivity index (χ0n) is 11.3. The number of nitrogens with two attached hydrogens (primary N) is 2. The van der Waals surface area contributed by atoms with Gasteiger partial charge in [-0.05, 0) is 12.1 Å². The summed E-state index contributed by atoms with van der Waals surface area (Å²) in [5, 5.41) is 20.3. The van der Waals surface area contributed by atoms with Crippen LogP contribution in [0.5, 0.6) is 5.75 Å². The zero-order valence-corrected chi connectivity index (χ0v) is 11.3. The van der Waals surface area contributed by atoms with Gasteiger partial charge in [-0.3, -0.25) is 14.9 Å². The smallest absolute Gasteiger partial charge is 0.277 e. The van der Waals surface area contributed by atoms with Crippen molar-refractivity contribution in [2.24, 2.45) is 11.5 Å². The van der Waals surface area contributed by atoms with E-state index in [-0.39, 0.29) is 28.7 Å². The monoisotopic (exact) mass is 299 g/mol. The molecule has 0 saturated carbocycles. The first kappa shape index (κ1) is 18.4. The molecule has 0 heterocycles. The van der Waals surface area contributed by atoms with Gasteiger partial charge in [0.05, 0.1) is 23.9 Å². The molecule has 1 rings (SSSR count). The Balaban J connectivity index is 0.00000400. The minimum atomic E-state index is -0.955. The average Bonchev–Trinajstić information content (AvgIpc) is 2.38. The Bertz CT molecular complexity index is 558. The largest absolute Gasteiger partial charge is 0.515 e. The van der Waals surface area contributed by atoms with Crippen molar-refractivity contribution in [3.8, 4) is 5.75 Å². The lowest BCUT2D eigenvalue weighted by Crippen LogP contribution is -2.29.